The van der Waals surface area contributed by atoms with Gasteiger partial charge in [-0.15, -0.1) is 0 Å². The van der Waals surface area contributed by atoms with Gasteiger partial charge in [0.1, 0.15) is 0 Å². The van der Waals surface area contributed by atoms with E-state index in [0.717, 1.165) is 25.7 Å². The Labute approximate surface area is 183 Å². The number of hydrogen-bond acceptors (Lipinski definition) is 4. The van der Waals surface area contributed by atoms with Gasteiger partial charge in [-0.25, -0.2) is 9.13 Å². The summed E-state index contributed by atoms with van der Waals surface area (Å²) in [5.74, 6) is 0. The largest absolute Gasteiger partial charge is 0.472 e. The zero-order chi connectivity index (χ0) is 23.1. The molecular formula is C20H46O8P2. The molecule has 0 saturated carbocycles. The molecule has 0 heterocycles. The first-order chi connectivity index (χ1) is 14.1. The van der Waals surface area contributed by atoms with Gasteiger partial charge in [-0.2, -0.15) is 0 Å². The van der Waals surface area contributed by atoms with E-state index in [-0.39, 0.29) is 0 Å². The van der Waals surface area contributed by atoms with Crippen molar-refractivity contribution >= 4 is 15.6 Å². The maximum atomic E-state index is 11.7. The van der Waals surface area contributed by atoms with Gasteiger partial charge in [-0.3, -0.25) is 9.05 Å². The third kappa shape index (κ3) is 35.6. The van der Waals surface area contributed by atoms with Crippen molar-refractivity contribution in [3.8, 4) is 0 Å². The van der Waals surface area contributed by atoms with E-state index in [1.54, 1.807) is 0 Å². The summed E-state index contributed by atoms with van der Waals surface area (Å²) in [5, 5.41) is 0. The first-order valence-corrected chi connectivity index (χ1v) is 14.6. The summed E-state index contributed by atoms with van der Waals surface area (Å²) in [6.45, 7) is 5.09. The topological polar surface area (TPSA) is 134 Å². The molecule has 0 amide bonds. The predicted octanol–water partition coefficient (Wildman–Crippen LogP) is 6.47. The van der Waals surface area contributed by atoms with Crippen LogP contribution in [-0.2, 0) is 18.2 Å². The van der Waals surface area contributed by atoms with Crippen LogP contribution in [0.15, 0.2) is 0 Å². The van der Waals surface area contributed by atoms with Crippen LogP contribution in [0.1, 0.15) is 117 Å². The van der Waals surface area contributed by atoms with Gasteiger partial charge in [-0.05, 0) is 12.8 Å². The second kappa shape index (κ2) is 22.4. The van der Waals surface area contributed by atoms with Gasteiger partial charge in [-0.1, -0.05) is 104 Å². The second-order valence-corrected chi connectivity index (χ2v) is 10.1. The summed E-state index contributed by atoms with van der Waals surface area (Å²) >= 11 is 0. The average Bonchev–Trinajstić information content (AvgIpc) is 2.64. The molecule has 10 heteroatoms. The maximum Gasteiger partial charge on any atom is 0.472 e. The minimum absolute atomic E-state index is 0.320. The van der Waals surface area contributed by atoms with Crippen LogP contribution in [0.25, 0.3) is 0 Å². The highest BCUT2D eigenvalue weighted by molar-refractivity contribution is 7.47. The lowest BCUT2D eigenvalue weighted by Gasteiger charge is -2.12. The molecular weight excluding hydrogens is 430 g/mol. The first-order valence-electron chi connectivity index (χ1n) is 11.5. The van der Waals surface area contributed by atoms with Crippen molar-refractivity contribution in [2.45, 2.75) is 117 Å². The predicted molar refractivity (Wildman–Crippen MR) is 121 cm³/mol. The van der Waals surface area contributed by atoms with E-state index in [1.807, 2.05) is 0 Å². The number of rotatable bonds is 20. The molecule has 0 aliphatic carbocycles. The summed E-state index contributed by atoms with van der Waals surface area (Å²) in [7, 11) is -8.47. The van der Waals surface area contributed by atoms with E-state index < -0.39 is 15.6 Å². The molecule has 0 aromatic rings. The van der Waals surface area contributed by atoms with Gasteiger partial charge < -0.3 is 19.6 Å². The van der Waals surface area contributed by atoms with Gasteiger partial charge >= 0.3 is 15.6 Å². The van der Waals surface area contributed by atoms with Crippen LogP contribution in [0, 0.1) is 0 Å². The van der Waals surface area contributed by atoms with Crippen LogP contribution < -0.4 is 0 Å². The summed E-state index contributed by atoms with van der Waals surface area (Å²) in [4.78, 5) is 31.2. The highest BCUT2D eigenvalue weighted by Gasteiger charge is 2.19. The molecule has 0 aromatic carbocycles. The zero-order valence-electron chi connectivity index (χ0n) is 19.0. The number of phosphoric ester groups is 1. The van der Waals surface area contributed by atoms with E-state index in [4.69, 9.17) is 28.3 Å². The SMILES string of the molecule is CCCCCCCCCCOP(=O)(O)OCCCCCCCCCC.O=P(O)(O)O. The molecule has 0 bridgehead atoms. The fourth-order valence-corrected chi connectivity index (χ4v) is 3.66. The van der Waals surface area contributed by atoms with Gasteiger partial charge in [0, 0.05) is 0 Å². The Hall–Kier alpha value is 0.220. The van der Waals surface area contributed by atoms with Crippen molar-refractivity contribution in [3.63, 3.8) is 0 Å². The molecule has 0 rings (SSSR count). The minimum atomic E-state index is -4.64. The molecule has 30 heavy (non-hydrogen) atoms. The molecule has 0 aromatic heterocycles. The van der Waals surface area contributed by atoms with E-state index in [1.165, 1.54) is 77.0 Å². The Morgan fingerprint density at radius 3 is 1.00 bits per heavy atom. The Morgan fingerprint density at radius 2 is 0.733 bits per heavy atom. The second-order valence-electron chi connectivity index (χ2n) is 7.60. The molecule has 184 valence electrons. The number of hydrogen-bond donors (Lipinski definition) is 4. The van der Waals surface area contributed by atoms with E-state index in [9.17, 15) is 9.46 Å². The highest BCUT2D eigenvalue weighted by Crippen LogP contribution is 2.43. The van der Waals surface area contributed by atoms with Crippen molar-refractivity contribution in [3.05, 3.63) is 0 Å². The fourth-order valence-electron chi connectivity index (χ4n) is 2.87. The fraction of sp³-hybridized carbons (Fsp3) is 1.00. The molecule has 0 radical (unpaired) electrons. The van der Waals surface area contributed by atoms with Crippen molar-refractivity contribution in [2.24, 2.45) is 0 Å². The van der Waals surface area contributed by atoms with Crippen molar-refractivity contribution in [1.29, 1.82) is 0 Å². The lowest BCUT2D eigenvalue weighted by molar-refractivity contribution is 0.145. The molecule has 0 aliphatic heterocycles. The van der Waals surface area contributed by atoms with Gasteiger partial charge in [0.15, 0.2) is 0 Å². The Bertz CT molecular complexity index is 408. The Balaban J connectivity index is 0. The van der Waals surface area contributed by atoms with Gasteiger partial charge in [0.25, 0.3) is 0 Å². The standard InChI is InChI=1S/C20H43O4P.H3O4P/c1-3-5-7-9-11-13-15-17-19-23-25(21,22)24-20-18-16-14-12-10-8-6-4-2;1-5(2,3)4/h3-20H2,1-2H3,(H,21,22);(H3,1,2,3,4). The van der Waals surface area contributed by atoms with Crippen LogP contribution in [-0.4, -0.2) is 32.8 Å². The molecule has 0 atom stereocenters. The summed E-state index contributed by atoms with van der Waals surface area (Å²) < 4.78 is 30.7. The molecule has 0 fully saturated rings. The lowest BCUT2D eigenvalue weighted by atomic mass is 10.1. The van der Waals surface area contributed by atoms with Crippen molar-refractivity contribution < 1.29 is 37.8 Å². The third-order valence-electron chi connectivity index (χ3n) is 4.50. The van der Waals surface area contributed by atoms with Gasteiger partial charge in [0.2, 0.25) is 0 Å². The van der Waals surface area contributed by atoms with Crippen LogP contribution in [0.5, 0.6) is 0 Å². The third-order valence-corrected chi connectivity index (χ3v) is 5.52. The van der Waals surface area contributed by atoms with Crippen molar-refractivity contribution in [1.82, 2.24) is 0 Å². The molecule has 0 unspecified atom stereocenters. The first kappa shape index (κ1) is 32.4. The van der Waals surface area contributed by atoms with E-state index >= 15 is 0 Å². The molecule has 4 N–H and O–H groups in total. The summed E-state index contributed by atoms with van der Waals surface area (Å²) in [6, 6.07) is 0. The molecule has 0 spiro atoms. The number of phosphoric acid groups is 2. The minimum Gasteiger partial charge on any atom is -0.303 e. The van der Waals surface area contributed by atoms with Crippen LogP contribution in [0.3, 0.4) is 0 Å². The van der Waals surface area contributed by atoms with Crippen LogP contribution >= 0.6 is 15.6 Å². The zero-order valence-corrected chi connectivity index (χ0v) is 20.8. The monoisotopic (exact) mass is 476 g/mol. The maximum absolute atomic E-state index is 11.7. The molecule has 0 saturated heterocycles. The van der Waals surface area contributed by atoms with Crippen LogP contribution in [0.2, 0.25) is 0 Å². The van der Waals surface area contributed by atoms with Crippen LogP contribution in [0.4, 0.5) is 0 Å². The Kier molecular flexibility index (Phi) is 24.2. The smallest absolute Gasteiger partial charge is 0.303 e. The van der Waals surface area contributed by atoms with Gasteiger partial charge in [0.05, 0.1) is 13.2 Å². The molecule has 8 nitrogen and oxygen atoms in total. The Morgan fingerprint density at radius 1 is 0.500 bits per heavy atom. The summed E-state index contributed by atoms with van der Waals surface area (Å²) in [5.41, 5.74) is 0. The van der Waals surface area contributed by atoms with E-state index in [0.29, 0.717) is 13.2 Å². The number of unbranched alkanes of at least 4 members (excludes halogenated alkanes) is 14. The van der Waals surface area contributed by atoms with E-state index in [2.05, 4.69) is 13.8 Å². The highest BCUT2D eigenvalue weighted by atomic mass is 31.2. The summed E-state index contributed by atoms with van der Waals surface area (Å²) in [6.07, 6.45) is 19.1. The lowest BCUT2D eigenvalue weighted by Crippen LogP contribution is -1.99. The average molecular weight is 477 g/mol. The van der Waals surface area contributed by atoms with Crippen molar-refractivity contribution in [2.75, 3.05) is 13.2 Å². The quantitative estimate of drug-likeness (QED) is 0.116. The molecule has 0 aliphatic rings. The normalized spacial score (nSPS) is 11.9.